The fraction of sp³-hybridized carbons (Fsp3) is 0.697. The van der Waals surface area contributed by atoms with Crippen molar-refractivity contribution in [2.24, 2.45) is 5.92 Å². The Bertz CT molecular complexity index is 954. The monoisotopic (exact) mass is 517 g/mol. The van der Waals surface area contributed by atoms with Gasteiger partial charge in [0.1, 0.15) is 5.82 Å². The van der Waals surface area contributed by atoms with Crippen LogP contribution in [0, 0.1) is 12.8 Å². The molecule has 38 heavy (non-hydrogen) atoms. The fourth-order valence-electron chi connectivity index (χ4n) is 6.97. The summed E-state index contributed by atoms with van der Waals surface area (Å²) in [4.78, 5) is 14.7. The average Bonchev–Trinajstić information content (AvgIpc) is 3.50. The van der Waals surface area contributed by atoms with Crippen LogP contribution in [0.5, 0.6) is 0 Å². The van der Waals surface area contributed by atoms with Crippen molar-refractivity contribution in [1.29, 1.82) is 0 Å². The van der Waals surface area contributed by atoms with E-state index < -0.39 is 0 Å². The second-order valence-corrected chi connectivity index (χ2v) is 12.3. The van der Waals surface area contributed by atoms with Crippen molar-refractivity contribution in [3.8, 4) is 0 Å². The van der Waals surface area contributed by atoms with E-state index in [2.05, 4.69) is 57.4 Å². The second-order valence-electron chi connectivity index (χ2n) is 12.3. The van der Waals surface area contributed by atoms with Crippen molar-refractivity contribution in [3.05, 3.63) is 47.2 Å². The number of rotatable bonds is 12. The van der Waals surface area contributed by atoms with E-state index >= 15 is 0 Å². The number of nitrogens with zero attached hydrogens (tertiary/aromatic N) is 4. The molecule has 2 aromatic rings. The number of hydrogen-bond donors (Lipinski definition) is 1. The van der Waals surface area contributed by atoms with Crippen LogP contribution in [0.25, 0.3) is 0 Å². The molecule has 0 spiro atoms. The van der Waals surface area contributed by atoms with Gasteiger partial charge in [0, 0.05) is 50.5 Å². The zero-order valence-corrected chi connectivity index (χ0v) is 24.0. The minimum Gasteiger partial charge on any atom is -0.354 e. The minimum absolute atomic E-state index is 0.746. The fourth-order valence-corrected chi connectivity index (χ4v) is 6.97. The first-order valence-corrected chi connectivity index (χ1v) is 15.9. The zero-order chi connectivity index (χ0) is 26.0. The summed E-state index contributed by atoms with van der Waals surface area (Å²) < 4.78 is 0. The predicted molar refractivity (Wildman–Crippen MR) is 160 cm³/mol. The number of anilines is 2. The molecular formula is C33H51N5. The topological polar surface area (TPSA) is 44.3 Å². The largest absolute Gasteiger partial charge is 0.354 e. The number of hydrogen-bond acceptors (Lipinski definition) is 5. The van der Waals surface area contributed by atoms with Crippen LogP contribution < -0.4 is 10.2 Å². The van der Waals surface area contributed by atoms with Crippen LogP contribution in [0.3, 0.4) is 0 Å². The van der Waals surface area contributed by atoms with Gasteiger partial charge in [-0.25, -0.2) is 4.98 Å². The highest BCUT2D eigenvalue weighted by molar-refractivity contribution is 5.45. The molecule has 208 valence electrons. The van der Waals surface area contributed by atoms with Gasteiger partial charge in [0.25, 0.3) is 0 Å². The van der Waals surface area contributed by atoms with E-state index in [1.807, 2.05) is 0 Å². The number of benzene rings is 1. The molecule has 1 aliphatic heterocycles. The smallest absolute Gasteiger partial charge is 0.225 e. The molecule has 1 aromatic carbocycles. The third-order valence-corrected chi connectivity index (χ3v) is 9.35. The highest BCUT2D eigenvalue weighted by Gasteiger charge is 2.26. The Kier molecular flexibility index (Phi) is 10.3. The van der Waals surface area contributed by atoms with Crippen molar-refractivity contribution in [2.45, 2.75) is 116 Å². The molecule has 0 atom stereocenters. The van der Waals surface area contributed by atoms with E-state index in [-0.39, 0.29) is 0 Å². The zero-order valence-electron chi connectivity index (χ0n) is 24.0. The Morgan fingerprint density at radius 1 is 0.763 bits per heavy atom. The van der Waals surface area contributed by atoms with Crippen LogP contribution in [-0.2, 0) is 13.0 Å². The van der Waals surface area contributed by atoms with E-state index in [4.69, 9.17) is 4.98 Å². The van der Waals surface area contributed by atoms with Crippen molar-refractivity contribution < 1.29 is 0 Å². The molecule has 0 unspecified atom stereocenters. The maximum Gasteiger partial charge on any atom is 0.225 e. The molecule has 5 rings (SSSR count). The molecule has 2 saturated carbocycles. The SMILES string of the molecule is Cc1cc(N2CCN(C3CCCC3)CC2)nc(NCc2ccc(CCCCCCC3CCCCC3)cc2)n1. The summed E-state index contributed by atoms with van der Waals surface area (Å²) in [7, 11) is 0. The maximum absolute atomic E-state index is 4.89. The van der Waals surface area contributed by atoms with Crippen LogP contribution in [0.2, 0.25) is 0 Å². The number of piperazine rings is 1. The summed E-state index contributed by atoms with van der Waals surface area (Å²) >= 11 is 0. The van der Waals surface area contributed by atoms with Crippen LogP contribution in [0.1, 0.15) is 107 Å². The molecule has 2 aliphatic carbocycles. The minimum atomic E-state index is 0.746. The summed E-state index contributed by atoms with van der Waals surface area (Å²) in [5.74, 6) is 2.86. The quantitative estimate of drug-likeness (QED) is 0.295. The van der Waals surface area contributed by atoms with Crippen molar-refractivity contribution in [3.63, 3.8) is 0 Å². The van der Waals surface area contributed by atoms with Gasteiger partial charge < -0.3 is 10.2 Å². The molecule has 0 bridgehead atoms. The molecule has 1 N–H and O–H groups in total. The molecule has 1 aromatic heterocycles. The van der Waals surface area contributed by atoms with Gasteiger partial charge in [-0.05, 0) is 49.7 Å². The molecule has 3 aliphatic rings. The molecule has 2 heterocycles. The van der Waals surface area contributed by atoms with Gasteiger partial charge in [-0.3, -0.25) is 4.90 Å². The van der Waals surface area contributed by atoms with Gasteiger partial charge in [-0.2, -0.15) is 4.98 Å². The standard InChI is InChI=1S/C33H51N5/c1-27-25-32(38-23-21-37(22-24-38)31-15-9-10-16-31)36-33(35-27)34-26-30-19-17-29(18-20-30)14-6-3-2-5-11-28-12-7-4-8-13-28/h17-20,25,28,31H,2-16,21-24,26H2,1H3,(H,34,35,36). The lowest BCUT2D eigenvalue weighted by Gasteiger charge is -2.38. The van der Waals surface area contributed by atoms with E-state index in [1.165, 1.54) is 107 Å². The Labute approximate surface area is 231 Å². The normalized spacial score (nSPS) is 19.8. The van der Waals surface area contributed by atoms with Crippen LogP contribution in [0.4, 0.5) is 11.8 Å². The lowest BCUT2D eigenvalue weighted by atomic mass is 9.85. The molecule has 5 nitrogen and oxygen atoms in total. The molecule has 1 saturated heterocycles. The average molecular weight is 518 g/mol. The van der Waals surface area contributed by atoms with E-state index in [9.17, 15) is 0 Å². The van der Waals surface area contributed by atoms with E-state index in [1.54, 1.807) is 0 Å². The first-order chi connectivity index (χ1) is 18.7. The second kappa shape index (κ2) is 14.3. The van der Waals surface area contributed by atoms with E-state index in [0.717, 1.165) is 62.1 Å². The summed E-state index contributed by atoms with van der Waals surface area (Å²) in [6, 6.07) is 12.1. The van der Waals surface area contributed by atoms with Crippen LogP contribution in [0.15, 0.2) is 30.3 Å². The first-order valence-electron chi connectivity index (χ1n) is 15.9. The van der Waals surface area contributed by atoms with Crippen molar-refractivity contribution >= 4 is 11.8 Å². The van der Waals surface area contributed by atoms with Crippen LogP contribution in [-0.4, -0.2) is 47.1 Å². The summed E-state index contributed by atoms with van der Waals surface area (Å²) in [6.07, 6.45) is 21.3. The van der Waals surface area contributed by atoms with Crippen LogP contribution >= 0.6 is 0 Å². The van der Waals surface area contributed by atoms with Crippen molar-refractivity contribution in [1.82, 2.24) is 14.9 Å². The number of unbranched alkanes of at least 4 members (excludes halogenated alkanes) is 3. The molecule has 3 fully saturated rings. The first kappa shape index (κ1) is 27.4. The molecule has 0 amide bonds. The van der Waals surface area contributed by atoms with Gasteiger partial charge in [-0.15, -0.1) is 0 Å². The maximum atomic E-state index is 4.89. The Morgan fingerprint density at radius 3 is 2.21 bits per heavy atom. The van der Waals surface area contributed by atoms with Gasteiger partial charge in [0.2, 0.25) is 5.95 Å². The van der Waals surface area contributed by atoms with Gasteiger partial charge in [0.05, 0.1) is 0 Å². The Balaban J connectivity index is 1.01. The highest BCUT2D eigenvalue weighted by Crippen LogP contribution is 2.28. The summed E-state index contributed by atoms with van der Waals surface area (Å²) in [5.41, 5.74) is 3.79. The molecular weight excluding hydrogens is 466 g/mol. The Hall–Kier alpha value is -2.14. The third-order valence-electron chi connectivity index (χ3n) is 9.35. The summed E-state index contributed by atoms with van der Waals surface area (Å²) in [5, 5.41) is 3.49. The highest BCUT2D eigenvalue weighted by atomic mass is 15.3. The lowest BCUT2D eigenvalue weighted by Crippen LogP contribution is -2.50. The van der Waals surface area contributed by atoms with Gasteiger partial charge in [0.15, 0.2) is 0 Å². The predicted octanol–water partition coefficient (Wildman–Crippen LogP) is 7.54. The molecule has 0 radical (unpaired) electrons. The molecule has 5 heteroatoms. The lowest BCUT2D eigenvalue weighted by molar-refractivity contribution is 0.187. The van der Waals surface area contributed by atoms with E-state index in [0.29, 0.717) is 0 Å². The summed E-state index contributed by atoms with van der Waals surface area (Å²) in [6.45, 7) is 7.28. The third kappa shape index (κ3) is 8.18. The van der Waals surface area contributed by atoms with Gasteiger partial charge >= 0.3 is 0 Å². The van der Waals surface area contributed by atoms with Gasteiger partial charge in [-0.1, -0.05) is 94.9 Å². The Morgan fingerprint density at radius 2 is 1.45 bits per heavy atom. The number of aromatic nitrogens is 2. The van der Waals surface area contributed by atoms with Crippen molar-refractivity contribution in [2.75, 3.05) is 36.4 Å². The number of nitrogens with one attached hydrogen (secondary N) is 1. The number of aryl methyl sites for hydroxylation is 2.